The van der Waals surface area contributed by atoms with E-state index in [1.165, 1.54) is 36.2 Å². The van der Waals surface area contributed by atoms with Crippen molar-refractivity contribution in [2.45, 2.75) is 6.04 Å². The van der Waals surface area contributed by atoms with Gasteiger partial charge in [-0.25, -0.2) is 9.48 Å². The fourth-order valence-corrected chi connectivity index (χ4v) is 1.79. The first-order valence-electron chi connectivity index (χ1n) is 5.38. The highest BCUT2D eigenvalue weighted by Crippen LogP contribution is 2.23. The molecule has 8 heteroatoms. The van der Waals surface area contributed by atoms with E-state index in [0.29, 0.717) is 10.9 Å². The average Bonchev–Trinajstić information content (AvgIpc) is 2.78. The van der Waals surface area contributed by atoms with Crippen molar-refractivity contribution in [3.8, 4) is 0 Å². The van der Waals surface area contributed by atoms with E-state index in [1.54, 1.807) is 0 Å². The number of carboxylic acids is 1. The smallest absolute Gasteiger partial charge is 0.330 e. The molecule has 0 saturated heterocycles. The van der Waals surface area contributed by atoms with Gasteiger partial charge >= 0.3 is 5.97 Å². The lowest BCUT2D eigenvalue weighted by atomic mass is 10.2. The molecule has 1 atom stereocenters. The normalized spacial score (nSPS) is 12.5. The van der Waals surface area contributed by atoms with E-state index in [2.05, 4.69) is 5.10 Å². The topological polar surface area (TPSA) is 107 Å². The Morgan fingerprint density at radius 1 is 1.63 bits per heavy atom. The summed E-state index contributed by atoms with van der Waals surface area (Å²) in [6.45, 7) is -0.0746. The molecule has 1 N–H and O–H groups in total. The first kappa shape index (κ1) is 13.0. The van der Waals surface area contributed by atoms with Gasteiger partial charge in [0.1, 0.15) is 0 Å². The third-order valence-corrected chi connectivity index (χ3v) is 2.70. The van der Waals surface area contributed by atoms with Crippen molar-refractivity contribution in [3.05, 3.63) is 34.5 Å². The van der Waals surface area contributed by atoms with Crippen LogP contribution in [0.4, 0.5) is 5.69 Å². The number of rotatable bonds is 5. The highest BCUT2D eigenvalue weighted by molar-refractivity contribution is 5.83. The molecule has 1 aromatic heterocycles. The van der Waals surface area contributed by atoms with Crippen LogP contribution in [0.15, 0.2) is 24.4 Å². The minimum absolute atomic E-state index is 0.0746. The predicted molar refractivity (Wildman–Crippen MR) is 64.9 cm³/mol. The van der Waals surface area contributed by atoms with Gasteiger partial charge in [0.25, 0.3) is 5.69 Å². The van der Waals surface area contributed by atoms with Crippen LogP contribution in [0.3, 0.4) is 0 Å². The molecule has 0 radical (unpaired) electrons. The lowest BCUT2D eigenvalue weighted by Gasteiger charge is -2.12. The third kappa shape index (κ3) is 2.38. The number of benzene rings is 1. The van der Waals surface area contributed by atoms with Gasteiger partial charge in [0, 0.05) is 24.6 Å². The van der Waals surface area contributed by atoms with Gasteiger partial charge in [-0.3, -0.25) is 10.1 Å². The number of fused-ring (bicyclic) bond motifs is 1. The summed E-state index contributed by atoms with van der Waals surface area (Å²) >= 11 is 0. The monoisotopic (exact) mass is 265 g/mol. The van der Waals surface area contributed by atoms with Gasteiger partial charge < -0.3 is 9.84 Å². The maximum atomic E-state index is 11.2. The largest absolute Gasteiger partial charge is 0.480 e. The lowest BCUT2D eigenvalue weighted by Crippen LogP contribution is -2.24. The lowest BCUT2D eigenvalue weighted by molar-refractivity contribution is -0.384. The Balaban J connectivity index is 2.56. The third-order valence-electron chi connectivity index (χ3n) is 2.70. The van der Waals surface area contributed by atoms with E-state index in [9.17, 15) is 14.9 Å². The Morgan fingerprint density at radius 2 is 2.37 bits per heavy atom. The minimum atomic E-state index is -1.11. The van der Waals surface area contributed by atoms with Crippen LogP contribution < -0.4 is 0 Å². The highest BCUT2D eigenvalue weighted by Gasteiger charge is 2.23. The molecule has 0 fully saturated rings. The van der Waals surface area contributed by atoms with Crippen molar-refractivity contribution < 1.29 is 19.6 Å². The zero-order valence-electron chi connectivity index (χ0n) is 10.0. The van der Waals surface area contributed by atoms with E-state index >= 15 is 0 Å². The predicted octanol–water partition coefficient (Wildman–Crippen LogP) is 1.22. The summed E-state index contributed by atoms with van der Waals surface area (Å²) in [6, 6.07) is 3.15. The Bertz CT molecular complexity index is 636. The fourth-order valence-electron chi connectivity index (χ4n) is 1.79. The van der Waals surface area contributed by atoms with Gasteiger partial charge in [0.15, 0.2) is 6.04 Å². The van der Waals surface area contributed by atoms with Crippen LogP contribution in [0.25, 0.3) is 10.9 Å². The molecule has 0 spiro atoms. The van der Waals surface area contributed by atoms with Gasteiger partial charge in [-0.1, -0.05) is 0 Å². The van der Waals surface area contributed by atoms with Crippen molar-refractivity contribution in [2.75, 3.05) is 13.7 Å². The van der Waals surface area contributed by atoms with E-state index < -0.39 is 16.9 Å². The van der Waals surface area contributed by atoms with Crippen LogP contribution in [0.5, 0.6) is 0 Å². The molecule has 19 heavy (non-hydrogen) atoms. The molecule has 0 aliphatic heterocycles. The molecular weight excluding hydrogens is 254 g/mol. The Labute approximate surface area is 107 Å². The summed E-state index contributed by atoms with van der Waals surface area (Å²) in [5, 5.41) is 24.5. The van der Waals surface area contributed by atoms with Gasteiger partial charge in [0.05, 0.1) is 23.2 Å². The number of non-ortho nitro benzene ring substituents is 1. The van der Waals surface area contributed by atoms with Crippen LogP contribution in [-0.4, -0.2) is 39.5 Å². The van der Waals surface area contributed by atoms with Crippen LogP contribution in [0, 0.1) is 10.1 Å². The second kappa shape index (κ2) is 5.02. The molecule has 1 unspecified atom stereocenters. The van der Waals surface area contributed by atoms with E-state index in [-0.39, 0.29) is 12.3 Å². The zero-order chi connectivity index (χ0) is 14.0. The number of nitro groups is 1. The number of methoxy groups -OCH3 is 1. The molecule has 1 heterocycles. The van der Waals surface area contributed by atoms with Crippen LogP contribution in [0.2, 0.25) is 0 Å². The molecule has 8 nitrogen and oxygen atoms in total. The minimum Gasteiger partial charge on any atom is -0.480 e. The average molecular weight is 265 g/mol. The van der Waals surface area contributed by atoms with Gasteiger partial charge in [0.2, 0.25) is 0 Å². The number of ether oxygens (including phenoxy) is 1. The summed E-state index contributed by atoms with van der Waals surface area (Å²) in [5.41, 5.74) is 0.273. The maximum absolute atomic E-state index is 11.2. The zero-order valence-corrected chi connectivity index (χ0v) is 10.0. The summed E-state index contributed by atoms with van der Waals surface area (Å²) < 4.78 is 6.06. The van der Waals surface area contributed by atoms with E-state index in [0.717, 1.165) is 0 Å². The molecule has 0 saturated carbocycles. The van der Waals surface area contributed by atoms with Gasteiger partial charge in [-0.15, -0.1) is 0 Å². The summed E-state index contributed by atoms with van der Waals surface area (Å²) in [6.07, 6.45) is 1.46. The van der Waals surface area contributed by atoms with Crippen LogP contribution >= 0.6 is 0 Å². The highest BCUT2D eigenvalue weighted by atomic mass is 16.6. The van der Waals surface area contributed by atoms with E-state index in [4.69, 9.17) is 9.84 Å². The SMILES string of the molecule is COCC(C(=O)O)n1ncc2ccc([N+](=O)[O-])cc21. The second-order valence-corrected chi connectivity index (χ2v) is 3.90. The molecule has 0 amide bonds. The number of hydrogen-bond acceptors (Lipinski definition) is 5. The second-order valence-electron chi connectivity index (χ2n) is 3.90. The Kier molecular flexibility index (Phi) is 3.43. The van der Waals surface area contributed by atoms with Crippen molar-refractivity contribution >= 4 is 22.6 Å². The fraction of sp³-hybridized carbons (Fsp3) is 0.273. The molecular formula is C11H11N3O5. The number of carbonyl (C=O) groups is 1. The number of aliphatic carboxylic acids is 1. The molecule has 2 aromatic rings. The number of nitrogens with zero attached hydrogens (tertiary/aromatic N) is 3. The van der Waals surface area contributed by atoms with E-state index in [1.807, 2.05) is 0 Å². The van der Waals surface area contributed by atoms with Crippen molar-refractivity contribution in [1.82, 2.24) is 9.78 Å². The molecule has 2 rings (SSSR count). The Hall–Kier alpha value is -2.48. The number of aromatic nitrogens is 2. The van der Waals surface area contributed by atoms with Gasteiger partial charge in [-0.05, 0) is 6.07 Å². The number of hydrogen-bond donors (Lipinski definition) is 1. The number of carboxylic acid groups (broad SMARTS) is 1. The van der Waals surface area contributed by atoms with Gasteiger partial charge in [-0.2, -0.15) is 5.10 Å². The van der Waals surface area contributed by atoms with Crippen molar-refractivity contribution in [3.63, 3.8) is 0 Å². The maximum Gasteiger partial charge on any atom is 0.330 e. The quantitative estimate of drug-likeness (QED) is 0.643. The molecule has 0 bridgehead atoms. The number of nitro benzene ring substituents is 1. The summed E-state index contributed by atoms with van der Waals surface area (Å²) in [4.78, 5) is 21.4. The molecule has 0 aliphatic rings. The van der Waals surface area contributed by atoms with Crippen LogP contribution in [0.1, 0.15) is 6.04 Å². The first-order valence-corrected chi connectivity index (χ1v) is 5.38. The molecule has 0 aliphatic carbocycles. The van der Waals surface area contributed by atoms with Crippen molar-refractivity contribution in [2.24, 2.45) is 0 Å². The first-order chi connectivity index (χ1) is 9.04. The Morgan fingerprint density at radius 3 is 2.95 bits per heavy atom. The van der Waals surface area contributed by atoms with Crippen molar-refractivity contribution in [1.29, 1.82) is 0 Å². The molecule has 1 aromatic carbocycles. The summed E-state index contributed by atoms with van der Waals surface area (Å²) in [5.74, 6) is -1.11. The molecule has 100 valence electrons. The van der Waals surface area contributed by atoms with Crippen LogP contribution in [-0.2, 0) is 9.53 Å². The summed E-state index contributed by atoms with van der Waals surface area (Å²) in [7, 11) is 1.38. The standard InChI is InChI=1S/C11H11N3O5/c1-19-6-10(11(15)16)13-9-4-8(14(17)18)3-2-7(9)5-12-13/h2-5,10H,6H2,1H3,(H,15,16).